The number of aromatic nitrogens is 1. The minimum atomic E-state index is 0.297. The van der Waals surface area contributed by atoms with Crippen LogP contribution in [0.5, 0.6) is 5.75 Å². The maximum absolute atomic E-state index is 9.33. The Morgan fingerprint density at radius 3 is 2.71 bits per heavy atom. The van der Waals surface area contributed by atoms with Gasteiger partial charge in [0.1, 0.15) is 5.75 Å². The number of hydrogen-bond acceptors (Lipinski definition) is 3. The summed E-state index contributed by atoms with van der Waals surface area (Å²) in [5.74, 6) is 0.297. The molecule has 1 aromatic carbocycles. The number of rotatable bonds is 3. The quantitative estimate of drug-likeness (QED) is 0.794. The second kappa shape index (κ2) is 4.87. The number of nitrogens with one attached hydrogen (secondary N) is 1. The Morgan fingerprint density at radius 1 is 1.18 bits per heavy atom. The number of nitrogens with zero attached hydrogens (tertiary/aromatic N) is 1. The third-order valence-corrected chi connectivity index (χ3v) is 2.83. The van der Waals surface area contributed by atoms with Crippen molar-refractivity contribution < 1.29 is 5.11 Å². The highest BCUT2D eigenvalue weighted by Crippen LogP contribution is 2.20. The first-order valence-corrected chi connectivity index (χ1v) is 5.60. The summed E-state index contributed by atoms with van der Waals surface area (Å²) in [6.07, 6.45) is 3.67. The molecule has 0 fully saturated rings. The highest BCUT2D eigenvalue weighted by atomic mass is 16.3. The molecule has 2 rings (SSSR count). The van der Waals surface area contributed by atoms with Crippen molar-refractivity contribution in [3.05, 3.63) is 53.3 Å². The van der Waals surface area contributed by atoms with Gasteiger partial charge in [-0.1, -0.05) is 0 Å². The number of aromatic hydroxyl groups is 1. The molecule has 0 spiro atoms. The van der Waals surface area contributed by atoms with E-state index in [9.17, 15) is 5.11 Å². The lowest BCUT2D eigenvalue weighted by Gasteiger charge is -2.11. The van der Waals surface area contributed by atoms with E-state index in [-0.39, 0.29) is 0 Å². The van der Waals surface area contributed by atoms with E-state index in [0.29, 0.717) is 5.75 Å². The van der Waals surface area contributed by atoms with Crippen molar-refractivity contribution in [3.63, 3.8) is 0 Å². The zero-order valence-electron chi connectivity index (χ0n) is 10.1. The monoisotopic (exact) mass is 228 g/mol. The molecule has 0 amide bonds. The van der Waals surface area contributed by atoms with E-state index in [1.807, 2.05) is 25.3 Å². The van der Waals surface area contributed by atoms with Gasteiger partial charge in [0.25, 0.3) is 0 Å². The highest BCUT2D eigenvalue weighted by molar-refractivity contribution is 5.53. The van der Waals surface area contributed by atoms with Crippen LogP contribution < -0.4 is 5.32 Å². The minimum absolute atomic E-state index is 0.297. The molecule has 0 aliphatic carbocycles. The number of hydrogen-bond donors (Lipinski definition) is 2. The van der Waals surface area contributed by atoms with Crippen molar-refractivity contribution in [2.24, 2.45) is 0 Å². The Balaban J connectivity index is 2.10. The van der Waals surface area contributed by atoms with E-state index in [2.05, 4.69) is 17.2 Å². The van der Waals surface area contributed by atoms with E-state index >= 15 is 0 Å². The third-order valence-electron chi connectivity index (χ3n) is 2.83. The largest absolute Gasteiger partial charge is 0.508 e. The standard InChI is InChI=1S/C14H16N2O/c1-10-5-6-15-8-12(10)9-16-14-4-3-13(17)7-11(14)2/h3-8,16-17H,9H2,1-2H3. The van der Waals surface area contributed by atoms with Gasteiger partial charge in [-0.2, -0.15) is 0 Å². The van der Waals surface area contributed by atoms with E-state index < -0.39 is 0 Å². The molecule has 88 valence electrons. The fourth-order valence-corrected chi connectivity index (χ4v) is 1.72. The first-order valence-electron chi connectivity index (χ1n) is 5.60. The number of anilines is 1. The summed E-state index contributed by atoms with van der Waals surface area (Å²) in [6, 6.07) is 7.32. The lowest BCUT2D eigenvalue weighted by atomic mass is 10.1. The molecular formula is C14H16N2O. The van der Waals surface area contributed by atoms with Gasteiger partial charge in [0, 0.05) is 24.6 Å². The van der Waals surface area contributed by atoms with Crippen LogP contribution in [-0.4, -0.2) is 10.1 Å². The molecule has 0 saturated carbocycles. The van der Waals surface area contributed by atoms with Crippen LogP contribution in [0.25, 0.3) is 0 Å². The Bertz CT molecular complexity index is 523. The predicted molar refractivity (Wildman–Crippen MR) is 69.1 cm³/mol. The second-order valence-corrected chi connectivity index (χ2v) is 4.15. The first-order chi connectivity index (χ1) is 8.16. The fourth-order valence-electron chi connectivity index (χ4n) is 1.72. The van der Waals surface area contributed by atoms with Crippen LogP contribution in [-0.2, 0) is 6.54 Å². The molecule has 0 radical (unpaired) electrons. The van der Waals surface area contributed by atoms with Gasteiger partial charge >= 0.3 is 0 Å². The number of phenolic OH excluding ortho intramolecular Hbond substituents is 1. The average Bonchev–Trinajstić information content (AvgIpc) is 2.30. The smallest absolute Gasteiger partial charge is 0.115 e. The van der Waals surface area contributed by atoms with Crippen molar-refractivity contribution in [2.45, 2.75) is 20.4 Å². The Labute approximate surface area is 101 Å². The molecule has 0 aliphatic rings. The van der Waals surface area contributed by atoms with Crippen LogP contribution >= 0.6 is 0 Å². The molecule has 0 aliphatic heterocycles. The van der Waals surface area contributed by atoms with Gasteiger partial charge in [0.15, 0.2) is 0 Å². The van der Waals surface area contributed by atoms with Crippen LogP contribution in [0.2, 0.25) is 0 Å². The molecule has 1 heterocycles. The molecule has 0 saturated heterocycles. The zero-order valence-corrected chi connectivity index (χ0v) is 10.1. The zero-order chi connectivity index (χ0) is 12.3. The Morgan fingerprint density at radius 2 is 2.00 bits per heavy atom. The van der Waals surface area contributed by atoms with E-state index in [4.69, 9.17) is 0 Å². The number of phenols is 1. The molecule has 0 atom stereocenters. The summed E-state index contributed by atoms with van der Waals surface area (Å²) in [7, 11) is 0. The SMILES string of the molecule is Cc1ccncc1CNc1ccc(O)cc1C. The molecular weight excluding hydrogens is 212 g/mol. The Kier molecular flexibility index (Phi) is 3.28. The van der Waals surface area contributed by atoms with Gasteiger partial charge in [-0.3, -0.25) is 4.98 Å². The molecule has 0 bridgehead atoms. The Hall–Kier alpha value is -2.03. The van der Waals surface area contributed by atoms with Gasteiger partial charge in [-0.15, -0.1) is 0 Å². The van der Waals surface area contributed by atoms with Crippen LogP contribution in [0.1, 0.15) is 16.7 Å². The minimum Gasteiger partial charge on any atom is -0.508 e. The lowest BCUT2D eigenvalue weighted by Crippen LogP contribution is -2.02. The number of pyridine rings is 1. The van der Waals surface area contributed by atoms with Gasteiger partial charge in [0.05, 0.1) is 0 Å². The molecule has 0 unspecified atom stereocenters. The maximum Gasteiger partial charge on any atom is 0.115 e. The summed E-state index contributed by atoms with van der Waals surface area (Å²) in [5, 5.41) is 12.7. The van der Waals surface area contributed by atoms with E-state index in [1.54, 1.807) is 18.3 Å². The van der Waals surface area contributed by atoms with Gasteiger partial charge in [-0.05, 0) is 54.8 Å². The van der Waals surface area contributed by atoms with Crippen LogP contribution in [0, 0.1) is 13.8 Å². The third kappa shape index (κ3) is 2.75. The van der Waals surface area contributed by atoms with Crippen LogP contribution in [0.4, 0.5) is 5.69 Å². The normalized spacial score (nSPS) is 10.2. The van der Waals surface area contributed by atoms with Gasteiger partial charge in [0.2, 0.25) is 0 Å². The van der Waals surface area contributed by atoms with Crippen molar-refractivity contribution in [1.82, 2.24) is 4.98 Å². The van der Waals surface area contributed by atoms with E-state index in [1.165, 1.54) is 11.1 Å². The van der Waals surface area contributed by atoms with Gasteiger partial charge in [-0.25, -0.2) is 0 Å². The molecule has 2 N–H and O–H groups in total. The summed E-state index contributed by atoms with van der Waals surface area (Å²) in [5.41, 5.74) is 4.47. The van der Waals surface area contributed by atoms with E-state index in [0.717, 1.165) is 17.8 Å². The summed E-state index contributed by atoms with van der Waals surface area (Å²) in [6.45, 7) is 4.78. The number of benzene rings is 1. The van der Waals surface area contributed by atoms with Gasteiger partial charge < -0.3 is 10.4 Å². The number of aryl methyl sites for hydroxylation is 2. The van der Waals surface area contributed by atoms with Crippen molar-refractivity contribution in [2.75, 3.05) is 5.32 Å². The van der Waals surface area contributed by atoms with Crippen LogP contribution in [0.15, 0.2) is 36.7 Å². The molecule has 2 aromatic rings. The molecule has 3 nitrogen and oxygen atoms in total. The topological polar surface area (TPSA) is 45.2 Å². The molecule has 3 heteroatoms. The summed E-state index contributed by atoms with van der Waals surface area (Å²) < 4.78 is 0. The fraction of sp³-hybridized carbons (Fsp3) is 0.214. The van der Waals surface area contributed by atoms with Crippen molar-refractivity contribution >= 4 is 5.69 Å². The van der Waals surface area contributed by atoms with Crippen molar-refractivity contribution in [3.8, 4) is 5.75 Å². The van der Waals surface area contributed by atoms with Crippen LogP contribution in [0.3, 0.4) is 0 Å². The van der Waals surface area contributed by atoms with Crippen molar-refractivity contribution in [1.29, 1.82) is 0 Å². The second-order valence-electron chi connectivity index (χ2n) is 4.15. The lowest BCUT2D eigenvalue weighted by molar-refractivity contribution is 0.475. The average molecular weight is 228 g/mol. The molecule has 17 heavy (non-hydrogen) atoms. The first kappa shape index (κ1) is 11.5. The predicted octanol–water partition coefficient (Wildman–Crippen LogP) is 3.02. The molecule has 1 aromatic heterocycles. The summed E-state index contributed by atoms with van der Waals surface area (Å²) >= 11 is 0. The maximum atomic E-state index is 9.33. The highest BCUT2D eigenvalue weighted by Gasteiger charge is 2.01. The summed E-state index contributed by atoms with van der Waals surface area (Å²) in [4.78, 5) is 4.11.